The minimum absolute atomic E-state index is 0.0339. The number of nitrogens with one attached hydrogen (secondary N) is 1. The molecular formula is C21H26N2O3S. The van der Waals surface area contributed by atoms with Crippen molar-refractivity contribution in [3.8, 4) is 17.0 Å². The lowest BCUT2D eigenvalue weighted by atomic mass is 10.0. The number of aryl methyl sites for hydroxylation is 1. The first-order valence-corrected chi connectivity index (χ1v) is 10.8. The second kappa shape index (κ2) is 8.15. The number of hydrogen-bond acceptors (Lipinski definition) is 3. The van der Waals surface area contributed by atoms with Crippen LogP contribution in [0.2, 0.25) is 0 Å². The van der Waals surface area contributed by atoms with Crippen molar-refractivity contribution in [2.24, 2.45) is 5.14 Å². The van der Waals surface area contributed by atoms with E-state index in [0.29, 0.717) is 5.75 Å². The van der Waals surface area contributed by atoms with Gasteiger partial charge in [-0.2, -0.15) is 0 Å². The van der Waals surface area contributed by atoms with Gasteiger partial charge < -0.3 is 9.72 Å². The molecule has 3 aromatic rings. The molecule has 0 aliphatic heterocycles. The van der Waals surface area contributed by atoms with Crippen molar-refractivity contribution < 1.29 is 13.2 Å². The summed E-state index contributed by atoms with van der Waals surface area (Å²) in [5.74, 6) is 0.355. The van der Waals surface area contributed by atoms with E-state index in [1.165, 1.54) is 7.11 Å². The quantitative estimate of drug-likeness (QED) is 0.554. The van der Waals surface area contributed by atoms with Crippen molar-refractivity contribution in [2.75, 3.05) is 7.11 Å². The average Bonchev–Trinajstić information content (AvgIpc) is 3.08. The van der Waals surface area contributed by atoms with Crippen molar-refractivity contribution in [3.05, 3.63) is 48.0 Å². The van der Waals surface area contributed by atoms with Crippen LogP contribution < -0.4 is 9.88 Å². The van der Waals surface area contributed by atoms with Gasteiger partial charge in [0.1, 0.15) is 10.6 Å². The number of nitrogens with two attached hydrogens (primary N) is 1. The second-order valence-electron chi connectivity index (χ2n) is 6.79. The highest BCUT2D eigenvalue weighted by atomic mass is 32.2. The third-order valence-electron chi connectivity index (χ3n) is 4.78. The van der Waals surface area contributed by atoms with Gasteiger partial charge >= 0.3 is 0 Å². The maximum absolute atomic E-state index is 12.2. The highest BCUT2D eigenvalue weighted by molar-refractivity contribution is 7.89. The number of primary sulfonamides is 1. The minimum atomic E-state index is -3.90. The van der Waals surface area contributed by atoms with Gasteiger partial charge in [-0.15, -0.1) is 0 Å². The lowest BCUT2D eigenvalue weighted by Crippen LogP contribution is -2.14. The molecule has 0 aliphatic carbocycles. The lowest BCUT2D eigenvalue weighted by molar-refractivity contribution is 0.396. The Bertz CT molecular complexity index is 1010. The Labute approximate surface area is 160 Å². The summed E-state index contributed by atoms with van der Waals surface area (Å²) in [5.41, 5.74) is 3.53. The molecule has 144 valence electrons. The topological polar surface area (TPSA) is 85.2 Å². The summed E-state index contributed by atoms with van der Waals surface area (Å²) in [6.45, 7) is 2.16. The van der Waals surface area contributed by atoms with E-state index in [4.69, 9.17) is 9.88 Å². The SMILES string of the molecule is CCCCCCc1cc(-c2cc3ccccc3[nH]2)cc(S(N)(=O)=O)c1OC. The number of benzene rings is 2. The van der Waals surface area contributed by atoms with Crippen molar-refractivity contribution in [1.29, 1.82) is 0 Å². The summed E-state index contributed by atoms with van der Waals surface area (Å²) in [5, 5.41) is 6.56. The molecule has 0 radical (unpaired) electrons. The van der Waals surface area contributed by atoms with Crippen LogP contribution in [0.1, 0.15) is 38.2 Å². The molecule has 5 nitrogen and oxygen atoms in total. The van der Waals surface area contributed by atoms with Gasteiger partial charge in [0.25, 0.3) is 0 Å². The van der Waals surface area contributed by atoms with Crippen LogP contribution in [0.25, 0.3) is 22.2 Å². The Balaban J connectivity index is 2.10. The van der Waals surface area contributed by atoms with Crippen LogP contribution in [0.4, 0.5) is 0 Å². The summed E-state index contributed by atoms with van der Waals surface area (Å²) in [6.07, 6.45) is 5.13. The van der Waals surface area contributed by atoms with Gasteiger partial charge in [-0.05, 0) is 48.2 Å². The van der Waals surface area contributed by atoms with E-state index in [0.717, 1.165) is 59.8 Å². The van der Waals surface area contributed by atoms with Gasteiger partial charge in [0, 0.05) is 16.6 Å². The molecule has 1 heterocycles. The zero-order valence-corrected chi connectivity index (χ0v) is 16.6. The number of fused-ring (bicyclic) bond motifs is 1. The highest BCUT2D eigenvalue weighted by Gasteiger charge is 2.21. The lowest BCUT2D eigenvalue weighted by Gasteiger charge is -2.15. The molecule has 1 aromatic heterocycles. The van der Waals surface area contributed by atoms with Gasteiger partial charge in [0.15, 0.2) is 0 Å². The molecule has 0 unspecified atom stereocenters. The molecule has 0 amide bonds. The average molecular weight is 387 g/mol. The van der Waals surface area contributed by atoms with Crippen LogP contribution in [0.3, 0.4) is 0 Å². The molecule has 27 heavy (non-hydrogen) atoms. The molecule has 0 saturated carbocycles. The summed E-state index contributed by atoms with van der Waals surface area (Å²) < 4.78 is 29.8. The van der Waals surface area contributed by atoms with Crippen molar-refractivity contribution in [3.63, 3.8) is 0 Å². The molecule has 0 bridgehead atoms. The van der Waals surface area contributed by atoms with Gasteiger partial charge in [0.2, 0.25) is 10.0 Å². The molecule has 0 aliphatic rings. The molecule has 6 heteroatoms. The summed E-state index contributed by atoms with van der Waals surface area (Å²) >= 11 is 0. The predicted molar refractivity (Wildman–Crippen MR) is 110 cm³/mol. The van der Waals surface area contributed by atoms with E-state index in [-0.39, 0.29) is 4.90 Å². The van der Waals surface area contributed by atoms with Crippen molar-refractivity contribution in [2.45, 2.75) is 43.9 Å². The number of H-pyrrole nitrogens is 1. The largest absolute Gasteiger partial charge is 0.495 e. The highest BCUT2D eigenvalue weighted by Crippen LogP contribution is 2.35. The Hall–Kier alpha value is -2.31. The Morgan fingerprint density at radius 2 is 1.85 bits per heavy atom. The fourth-order valence-electron chi connectivity index (χ4n) is 3.42. The smallest absolute Gasteiger partial charge is 0.241 e. The zero-order chi connectivity index (χ0) is 19.4. The Kier molecular flexibility index (Phi) is 5.87. The van der Waals surface area contributed by atoms with E-state index in [9.17, 15) is 8.42 Å². The summed E-state index contributed by atoms with van der Waals surface area (Å²) in [4.78, 5) is 3.39. The molecule has 0 spiro atoms. The maximum atomic E-state index is 12.2. The fourth-order valence-corrected chi connectivity index (χ4v) is 4.18. The predicted octanol–water partition coefficient (Wildman–Crippen LogP) is 4.61. The number of hydrogen-bond donors (Lipinski definition) is 2. The molecular weight excluding hydrogens is 360 g/mol. The summed E-state index contributed by atoms with van der Waals surface area (Å²) in [7, 11) is -2.41. The molecule has 0 fully saturated rings. The van der Waals surface area contributed by atoms with Crippen LogP contribution in [-0.4, -0.2) is 20.5 Å². The molecule has 3 N–H and O–H groups in total. The van der Waals surface area contributed by atoms with E-state index < -0.39 is 10.0 Å². The number of aromatic nitrogens is 1. The van der Waals surface area contributed by atoms with E-state index in [2.05, 4.69) is 11.9 Å². The number of para-hydroxylation sites is 1. The van der Waals surface area contributed by atoms with Gasteiger partial charge in [-0.1, -0.05) is 44.4 Å². The van der Waals surface area contributed by atoms with Crippen LogP contribution in [0, 0.1) is 0 Å². The van der Waals surface area contributed by atoms with Crippen LogP contribution in [0.5, 0.6) is 5.75 Å². The number of rotatable bonds is 8. The first kappa shape index (κ1) is 19.5. The van der Waals surface area contributed by atoms with Crippen molar-refractivity contribution in [1.82, 2.24) is 4.98 Å². The van der Waals surface area contributed by atoms with E-state index >= 15 is 0 Å². The van der Waals surface area contributed by atoms with Crippen molar-refractivity contribution >= 4 is 20.9 Å². The summed E-state index contributed by atoms with van der Waals surface area (Å²) in [6, 6.07) is 13.6. The van der Waals surface area contributed by atoms with E-state index in [1.807, 2.05) is 36.4 Å². The van der Waals surface area contributed by atoms with Crippen LogP contribution in [0.15, 0.2) is 47.4 Å². The number of unbranched alkanes of at least 4 members (excludes halogenated alkanes) is 3. The van der Waals surface area contributed by atoms with Crippen LogP contribution >= 0.6 is 0 Å². The van der Waals surface area contributed by atoms with E-state index in [1.54, 1.807) is 6.07 Å². The Morgan fingerprint density at radius 3 is 2.52 bits per heavy atom. The molecule has 0 atom stereocenters. The second-order valence-corrected chi connectivity index (χ2v) is 8.32. The first-order chi connectivity index (χ1) is 12.9. The monoisotopic (exact) mass is 386 g/mol. The van der Waals surface area contributed by atoms with Crippen LogP contribution in [-0.2, 0) is 16.4 Å². The number of aromatic amines is 1. The number of methoxy groups -OCH3 is 1. The molecule has 3 rings (SSSR count). The maximum Gasteiger partial charge on any atom is 0.241 e. The third-order valence-corrected chi connectivity index (χ3v) is 5.70. The Morgan fingerprint density at radius 1 is 1.07 bits per heavy atom. The number of ether oxygens (including phenoxy) is 1. The van der Waals surface area contributed by atoms with Gasteiger partial charge in [0.05, 0.1) is 7.11 Å². The standard InChI is InChI=1S/C21H26N2O3S/c1-3-4-5-6-10-16-12-17(14-20(21(16)26-2)27(22,24)25)19-13-15-9-7-8-11-18(15)23-19/h7-9,11-14,23H,3-6,10H2,1-2H3,(H2,22,24,25). The van der Waals surface area contributed by atoms with Gasteiger partial charge in [-0.25, -0.2) is 13.6 Å². The molecule has 0 saturated heterocycles. The number of sulfonamides is 1. The third kappa shape index (κ3) is 4.34. The fraction of sp³-hybridized carbons (Fsp3) is 0.333. The first-order valence-electron chi connectivity index (χ1n) is 9.26. The minimum Gasteiger partial charge on any atom is -0.495 e. The normalized spacial score (nSPS) is 11.8. The zero-order valence-electron chi connectivity index (χ0n) is 15.8. The molecule has 2 aromatic carbocycles. The van der Waals surface area contributed by atoms with Gasteiger partial charge in [-0.3, -0.25) is 0 Å².